The molecule has 122 valence electrons. The van der Waals surface area contributed by atoms with Crippen molar-refractivity contribution in [2.45, 2.75) is 44.1 Å². The number of carbonyl (C=O) groups is 1. The van der Waals surface area contributed by atoms with E-state index in [1.165, 1.54) is 25.9 Å². The average Bonchev–Trinajstić information content (AvgIpc) is 2.41. The van der Waals surface area contributed by atoms with Crippen molar-refractivity contribution in [1.82, 2.24) is 9.80 Å². The van der Waals surface area contributed by atoms with Gasteiger partial charge in [-0.25, -0.2) is 0 Å². The summed E-state index contributed by atoms with van der Waals surface area (Å²) in [6.07, 6.45) is 4.91. The first kappa shape index (κ1) is 16.7. The van der Waals surface area contributed by atoms with Gasteiger partial charge in [-0.3, -0.25) is 4.79 Å². The summed E-state index contributed by atoms with van der Waals surface area (Å²) in [4.78, 5) is 15.6. The molecule has 0 atom stereocenters. The average molecular weight is 298 g/mol. The molecule has 0 radical (unpaired) electrons. The first-order chi connectivity index (χ1) is 9.88. The molecule has 0 spiro atoms. The number of aliphatic carboxylic acids is 1. The standard InChI is InChI=1S/C16H30N2O3/c1-17-9-5-13(6-10-17)11-18(2)12-16(21)7-3-14(4-8-16)15(19)20/h13-14,21H,3-12H2,1-2H3,(H,19,20). The van der Waals surface area contributed by atoms with Crippen molar-refractivity contribution in [3.8, 4) is 0 Å². The van der Waals surface area contributed by atoms with Crippen molar-refractivity contribution in [1.29, 1.82) is 0 Å². The molecule has 1 saturated heterocycles. The van der Waals surface area contributed by atoms with E-state index < -0.39 is 11.6 Å². The van der Waals surface area contributed by atoms with E-state index in [0.717, 1.165) is 12.5 Å². The van der Waals surface area contributed by atoms with Crippen LogP contribution in [0.3, 0.4) is 0 Å². The van der Waals surface area contributed by atoms with Crippen LogP contribution in [0, 0.1) is 11.8 Å². The highest BCUT2D eigenvalue weighted by Gasteiger charge is 2.36. The van der Waals surface area contributed by atoms with E-state index in [-0.39, 0.29) is 5.92 Å². The molecule has 0 bridgehead atoms. The van der Waals surface area contributed by atoms with Gasteiger partial charge in [0.2, 0.25) is 0 Å². The minimum atomic E-state index is -0.711. The van der Waals surface area contributed by atoms with Crippen LogP contribution in [0.4, 0.5) is 0 Å². The Morgan fingerprint density at radius 2 is 1.81 bits per heavy atom. The van der Waals surface area contributed by atoms with Gasteiger partial charge in [0.25, 0.3) is 0 Å². The fraction of sp³-hybridized carbons (Fsp3) is 0.938. The van der Waals surface area contributed by atoms with Crippen LogP contribution in [-0.2, 0) is 4.79 Å². The Morgan fingerprint density at radius 1 is 1.24 bits per heavy atom. The molecule has 0 unspecified atom stereocenters. The molecule has 0 aromatic carbocycles. The molecule has 1 heterocycles. The lowest BCUT2D eigenvalue weighted by atomic mass is 9.78. The van der Waals surface area contributed by atoms with Crippen LogP contribution in [0.25, 0.3) is 0 Å². The van der Waals surface area contributed by atoms with E-state index in [1.54, 1.807) is 0 Å². The van der Waals surface area contributed by atoms with Crippen molar-refractivity contribution in [3.05, 3.63) is 0 Å². The van der Waals surface area contributed by atoms with E-state index in [4.69, 9.17) is 5.11 Å². The second-order valence-electron chi connectivity index (χ2n) is 7.28. The highest BCUT2D eigenvalue weighted by Crippen LogP contribution is 2.33. The summed E-state index contributed by atoms with van der Waals surface area (Å²) in [7, 11) is 4.25. The maximum Gasteiger partial charge on any atom is 0.306 e. The molecule has 0 aromatic rings. The van der Waals surface area contributed by atoms with Crippen LogP contribution in [0.15, 0.2) is 0 Å². The Labute approximate surface area is 127 Å². The minimum absolute atomic E-state index is 0.260. The third kappa shape index (κ3) is 4.94. The van der Waals surface area contributed by atoms with Crippen LogP contribution in [0.5, 0.6) is 0 Å². The van der Waals surface area contributed by atoms with E-state index in [0.29, 0.717) is 32.2 Å². The Kier molecular flexibility index (Phi) is 5.63. The lowest BCUT2D eigenvalue weighted by Crippen LogP contribution is -2.46. The lowest BCUT2D eigenvalue weighted by Gasteiger charge is -2.39. The SMILES string of the molecule is CN1CCC(CN(C)CC2(O)CCC(C(=O)O)CC2)CC1. The van der Waals surface area contributed by atoms with Gasteiger partial charge in [0.05, 0.1) is 11.5 Å². The second-order valence-corrected chi connectivity index (χ2v) is 7.28. The molecule has 2 aliphatic rings. The molecule has 1 aliphatic carbocycles. The first-order valence-corrected chi connectivity index (χ1v) is 8.20. The summed E-state index contributed by atoms with van der Waals surface area (Å²) in [5.41, 5.74) is -0.688. The molecule has 21 heavy (non-hydrogen) atoms. The molecule has 1 saturated carbocycles. The quantitative estimate of drug-likeness (QED) is 0.800. The molecule has 1 aliphatic heterocycles. The van der Waals surface area contributed by atoms with Gasteiger partial charge in [-0.05, 0) is 71.6 Å². The molecule has 0 amide bonds. The molecule has 2 rings (SSSR count). The van der Waals surface area contributed by atoms with Crippen molar-refractivity contribution >= 4 is 5.97 Å². The third-order valence-electron chi connectivity index (χ3n) is 5.24. The number of carboxylic acids is 1. The zero-order valence-corrected chi connectivity index (χ0v) is 13.4. The maximum atomic E-state index is 11.0. The lowest BCUT2D eigenvalue weighted by molar-refractivity contribution is -0.145. The molecular formula is C16H30N2O3. The topological polar surface area (TPSA) is 64.0 Å². The highest BCUT2D eigenvalue weighted by atomic mass is 16.4. The number of hydrogen-bond acceptors (Lipinski definition) is 4. The van der Waals surface area contributed by atoms with Crippen LogP contribution < -0.4 is 0 Å². The van der Waals surface area contributed by atoms with Crippen LogP contribution in [0.1, 0.15) is 38.5 Å². The van der Waals surface area contributed by atoms with Gasteiger partial charge in [0.15, 0.2) is 0 Å². The zero-order valence-electron chi connectivity index (χ0n) is 13.4. The van der Waals surface area contributed by atoms with Gasteiger partial charge < -0.3 is 20.0 Å². The molecule has 0 aromatic heterocycles. The van der Waals surface area contributed by atoms with E-state index in [1.807, 2.05) is 0 Å². The molecule has 5 nitrogen and oxygen atoms in total. The smallest absolute Gasteiger partial charge is 0.306 e. The normalized spacial score (nSPS) is 32.5. The predicted octanol–water partition coefficient (Wildman–Crippen LogP) is 1.27. The zero-order chi connectivity index (χ0) is 15.5. The maximum absolute atomic E-state index is 11.0. The van der Waals surface area contributed by atoms with Crippen LogP contribution in [-0.4, -0.2) is 71.9 Å². The van der Waals surface area contributed by atoms with E-state index >= 15 is 0 Å². The number of carboxylic acid groups (broad SMARTS) is 1. The molecule has 5 heteroatoms. The van der Waals surface area contributed by atoms with Gasteiger partial charge in [-0.1, -0.05) is 0 Å². The number of piperidine rings is 1. The van der Waals surface area contributed by atoms with Gasteiger partial charge >= 0.3 is 5.97 Å². The van der Waals surface area contributed by atoms with Crippen molar-refractivity contribution in [3.63, 3.8) is 0 Å². The van der Waals surface area contributed by atoms with Crippen molar-refractivity contribution < 1.29 is 15.0 Å². The minimum Gasteiger partial charge on any atom is -0.481 e. The summed E-state index contributed by atoms with van der Waals surface area (Å²) in [5, 5.41) is 19.7. The van der Waals surface area contributed by atoms with Crippen molar-refractivity contribution in [2.24, 2.45) is 11.8 Å². The fourth-order valence-electron chi connectivity index (χ4n) is 3.81. The van der Waals surface area contributed by atoms with Gasteiger partial charge in [-0.15, -0.1) is 0 Å². The van der Waals surface area contributed by atoms with Crippen LogP contribution >= 0.6 is 0 Å². The van der Waals surface area contributed by atoms with Gasteiger partial charge in [-0.2, -0.15) is 0 Å². The fourth-order valence-corrected chi connectivity index (χ4v) is 3.81. The second kappa shape index (κ2) is 7.07. The van der Waals surface area contributed by atoms with Crippen LogP contribution in [0.2, 0.25) is 0 Å². The van der Waals surface area contributed by atoms with E-state index in [2.05, 4.69) is 23.9 Å². The summed E-state index contributed by atoms with van der Waals surface area (Å²) < 4.78 is 0. The number of rotatable bonds is 5. The van der Waals surface area contributed by atoms with Gasteiger partial charge in [0.1, 0.15) is 0 Å². The Balaban J connectivity index is 1.74. The number of hydrogen-bond donors (Lipinski definition) is 2. The number of aliphatic hydroxyl groups is 1. The third-order valence-corrected chi connectivity index (χ3v) is 5.24. The summed E-state index contributed by atoms with van der Waals surface area (Å²) in [6, 6.07) is 0. The first-order valence-electron chi connectivity index (χ1n) is 8.20. The summed E-state index contributed by atoms with van der Waals surface area (Å²) in [6.45, 7) is 4.05. The molecular weight excluding hydrogens is 268 g/mol. The van der Waals surface area contributed by atoms with Gasteiger partial charge in [0, 0.05) is 13.1 Å². The Hall–Kier alpha value is -0.650. The monoisotopic (exact) mass is 298 g/mol. The highest BCUT2D eigenvalue weighted by molar-refractivity contribution is 5.70. The number of likely N-dealkylation sites (N-methyl/N-ethyl adjacent to an activating group) is 1. The van der Waals surface area contributed by atoms with E-state index in [9.17, 15) is 9.90 Å². The summed E-state index contributed by atoms with van der Waals surface area (Å²) in [5.74, 6) is -0.244. The van der Waals surface area contributed by atoms with Crippen molar-refractivity contribution in [2.75, 3.05) is 40.3 Å². The molecule has 2 N–H and O–H groups in total. The Bertz CT molecular complexity index is 345. The Morgan fingerprint density at radius 3 is 2.33 bits per heavy atom. The largest absolute Gasteiger partial charge is 0.481 e. The number of nitrogens with zero attached hydrogens (tertiary/aromatic N) is 2. The summed E-state index contributed by atoms with van der Waals surface area (Å²) >= 11 is 0. The molecule has 2 fully saturated rings. The predicted molar refractivity (Wildman–Crippen MR) is 82.3 cm³/mol. The number of likely N-dealkylation sites (tertiary alicyclic amines) is 1.